The van der Waals surface area contributed by atoms with E-state index in [-0.39, 0.29) is 11.6 Å². The molecular formula is C16H10ClF3N4O2. The molecule has 0 bridgehead atoms. The van der Waals surface area contributed by atoms with E-state index < -0.39 is 24.0 Å². The molecule has 0 atom stereocenters. The summed E-state index contributed by atoms with van der Waals surface area (Å²) in [5, 5.41) is 4.14. The average Bonchev–Trinajstić information content (AvgIpc) is 2.60. The number of benzene rings is 1. The number of alkyl halides is 2. The van der Waals surface area contributed by atoms with Gasteiger partial charge in [-0.25, -0.2) is 19.0 Å². The van der Waals surface area contributed by atoms with Crippen LogP contribution in [0, 0.1) is 5.82 Å². The predicted octanol–water partition coefficient (Wildman–Crippen LogP) is 3.14. The maximum atomic E-state index is 13.5. The fourth-order valence-corrected chi connectivity index (χ4v) is 2.23. The van der Waals surface area contributed by atoms with E-state index in [2.05, 4.69) is 19.8 Å². The number of hydrogen-bond donors (Lipinski definition) is 0. The quantitative estimate of drug-likeness (QED) is 0.678. The molecule has 0 N–H and O–H groups in total. The van der Waals surface area contributed by atoms with Gasteiger partial charge in [0.05, 0.1) is 17.3 Å². The number of halogens is 4. The van der Waals surface area contributed by atoms with Crippen LogP contribution in [-0.4, -0.2) is 26.4 Å². The molecule has 0 amide bonds. The summed E-state index contributed by atoms with van der Waals surface area (Å²) >= 11 is 5.63. The first-order valence-electron chi connectivity index (χ1n) is 7.22. The Bertz CT molecular complexity index is 980. The average molecular weight is 383 g/mol. The molecule has 0 aliphatic carbocycles. The van der Waals surface area contributed by atoms with E-state index in [1.807, 2.05) is 0 Å². The van der Waals surface area contributed by atoms with E-state index in [4.69, 9.17) is 11.6 Å². The molecule has 0 aliphatic heterocycles. The van der Waals surface area contributed by atoms with Gasteiger partial charge in [0.15, 0.2) is 0 Å². The van der Waals surface area contributed by atoms with E-state index in [0.29, 0.717) is 16.8 Å². The first kappa shape index (κ1) is 17.9. The van der Waals surface area contributed by atoms with Crippen LogP contribution in [0.4, 0.5) is 13.2 Å². The molecule has 0 unspecified atom stereocenters. The van der Waals surface area contributed by atoms with Gasteiger partial charge in [0, 0.05) is 24.0 Å². The third-order valence-electron chi connectivity index (χ3n) is 3.30. The van der Waals surface area contributed by atoms with Crippen LogP contribution in [0.15, 0.2) is 47.5 Å². The van der Waals surface area contributed by atoms with Gasteiger partial charge in [0.2, 0.25) is 0 Å². The van der Waals surface area contributed by atoms with Gasteiger partial charge < -0.3 is 4.74 Å². The first-order valence-corrected chi connectivity index (χ1v) is 7.59. The van der Waals surface area contributed by atoms with Crippen molar-refractivity contribution in [2.75, 3.05) is 0 Å². The summed E-state index contributed by atoms with van der Waals surface area (Å²) in [6.07, 6.45) is 2.48. The number of nitrogens with zero attached hydrogens (tertiary/aromatic N) is 4. The van der Waals surface area contributed by atoms with Crippen LogP contribution >= 0.6 is 11.6 Å². The summed E-state index contributed by atoms with van der Waals surface area (Å²) in [6, 6.07) is 6.41. The Balaban J connectivity index is 1.87. The van der Waals surface area contributed by atoms with Crippen molar-refractivity contribution in [3.63, 3.8) is 0 Å². The van der Waals surface area contributed by atoms with Crippen molar-refractivity contribution < 1.29 is 17.9 Å². The van der Waals surface area contributed by atoms with Crippen LogP contribution in [0.2, 0.25) is 5.02 Å². The molecule has 6 nitrogen and oxygen atoms in total. The van der Waals surface area contributed by atoms with Crippen molar-refractivity contribution in [2.24, 2.45) is 0 Å². The standard InChI is InChI=1S/C16H10ClF3N4O2/c17-11-2-1-9(5-12(11)18)8-24-14(25)4-3-13(23-24)10-6-21-16(22-7-10)26-15(19)20/h1-7,15H,8H2. The molecule has 134 valence electrons. The minimum Gasteiger partial charge on any atom is -0.401 e. The van der Waals surface area contributed by atoms with Gasteiger partial charge in [-0.1, -0.05) is 17.7 Å². The minimum atomic E-state index is -3.03. The van der Waals surface area contributed by atoms with Crippen molar-refractivity contribution in [2.45, 2.75) is 13.2 Å². The van der Waals surface area contributed by atoms with Gasteiger partial charge in [0.25, 0.3) is 5.56 Å². The molecule has 3 aromatic rings. The number of rotatable bonds is 5. The summed E-state index contributed by atoms with van der Waals surface area (Å²) in [6.45, 7) is -3.01. The second-order valence-corrected chi connectivity index (χ2v) is 5.50. The second kappa shape index (κ2) is 7.52. The number of ether oxygens (including phenoxy) is 1. The van der Waals surface area contributed by atoms with Crippen molar-refractivity contribution in [1.82, 2.24) is 19.7 Å². The van der Waals surface area contributed by atoms with Crippen LogP contribution in [0.3, 0.4) is 0 Å². The molecule has 3 rings (SSSR count). The zero-order valence-corrected chi connectivity index (χ0v) is 13.7. The second-order valence-electron chi connectivity index (χ2n) is 5.10. The first-order chi connectivity index (χ1) is 12.4. The summed E-state index contributed by atoms with van der Waals surface area (Å²) in [7, 11) is 0. The Morgan fingerprint density at radius 2 is 1.88 bits per heavy atom. The minimum absolute atomic E-state index is 0.0220. The molecule has 0 fully saturated rings. The molecule has 0 saturated heterocycles. The van der Waals surface area contributed by atoms with Gasteiger partial charge in [-0.3, -0.25) is 4.79 Å². The number of hydrogen-bond acceptors (Lipinski definition) is 5. The van der Waals surface area contributed by atoms with Gasteiger partial charge in [-0.15, -0.1) is 0 Å². The Labute approximate surface area is 149 Å². The Kier molecular flexibility index (Phi) is 5.17. The molecule has 26 heavy (non-hydrogen) atoms. The molecule has 2 aromatic heterocycles. The Morgan fingerprint density at radius 3 is 2.54 bits per heavy atom. The largest absolute Gasteiger partial charge is 0.401 e. The topological polar surface area (TPSA) is 69.9 Å². The van der Waals surface area contributed by atoms with Gasteiger partial charge >= 0.3 is 12.6 Å². The number of aromatic nitrogens is 4. The highest BCUT2D eigenvalue weighted by atomic mass is 35.5. The normalized spacial score (nSPS) is 11.0. The third-order valence-corrected chi connectivity index (χ3v) is 3.61. The monoisotopic (exact) mass is 382 g/mol. The highest BCUT2D eigenvalue weighted by molar-refractivity contribution is 6.30. The molecular weight excluding hydrogens is 373 g/mol. The van der Waals surface area contributed by atoms with Gasteiger partial charge in [-0.2, -0.15) is 13.9 Å². The molecule has 0 aliphatic rings. The lowest BCUT2D eigenvalue weighted by molar-refractivity contribution is -0.0560. The van der Waals surface area contributed by atoms with Crippen molar-refractivity contribution >= 4 is 11.6 Å². The van der Waals surface area contributed by atoms with E-state index in [0.717, 1.165) is 4.68 Å². The van der Waals surface area contributed by atoms with Crippen LogP contribution in [0.5, 0.6) is 6.01 Å². The van der Waals surface area contributed by atoms with Crippen LogP contribution in [0.25, 0.3) is 11.3 Å². The van der Waals surface area contributed by atoms with Gasteiger partial charge in [0.1, 0.15) is 5.82 Å². The SMILES string of the molecule is O=c1ccc(-c2cnc(OC(F)F)nc2)nn1Cc1ccc(Cl)c(F)c1. The summed E-state index contributed by atoms with van der Waals surface area (Å²) in [5.41, 5.74) is 0.823. The lowest BCUT2D eigenvalue weighted by atomic mass is 10.2. The van der Waals surface area contributed by atoms with E-state index in [1.54, 1.807) is 6.07 Å². The maximum Gasteiger partial charge on any atom is 0.389 e. The van der Waals surface area contributed by atoms with Crippen LogP contribution < -0.4 is 10.3 Å². The smallest absolute Gasteiger partial charge is 0.389 e. The molecule has 0 saturated carbocycles. The predicted molar refractivity (Wildman–Crippen MR) is 86.7 cm³/mol. The Morgan fingerprint density at radius 1 is 1.15 bits per heavy atom. The van der Waals surface area contributed by atoms with Crippen molar-refractivity contribution in [3.8, 4) is 17.3 Å². The zero-order valence-electron chi connectivity index (χ0n) is 12.9. The highest BCUT2D eigenvalue weighted by Crippen LogP contribution is 2.17. The van der Waals surface area contributed by atoms with Crippen molar-refractivity contribution in [1.29, 1.82) is 0 Å². The van der Waals surface area contributed by atoms with E-state index in [1.165, 1.54) is 36.7 Å². The fraction of sp³-hybridized carbons (Fsp3) is 0.125. The molecule has 1 aromatic carbocycles. The molecule has 0 spiro atoms. The molecule has 2 heterocycles. The summed E-state index contributed by atoms with van der Waals surface area (Å²) in [5.74, 6) is -0.601. The summed E-state index contributed by atoms with van der Waals surface area (Å²) < 4.78 is 43.0. The lowest BCUT2D eigenvalue weighted by Gasteiger charge is -2.08. The van der Waals surface area contributed by atoms with E-state index in [9.17, 15) is 18.0 Å². The third kappa shape index (κ3) is 4.17. The maximum absolute atomic E-state index is 13.5. The van der Waals surface area contributed by atoms with E-state index >= 15 is 0 Å². The fourth-order valence-electron chi connectivity index (χ4n) is 2.12. The lowest BCUT2D eigenvalue weighted by Crippen LogP contribution is -2.23. The highest BCUT2D eigenvalue weighted by Gasteiger charge is 2.10. The van der Waals surface area contributed by atoms with Gasteiger partial charge in [-0.05, 0) is 23.8 Å². The van der Waals surface area contributed by atoms with Crippen molar-refractivity contribution in [3.05, 3.63) is 69.5 Å². The Hall–Kier alpha value is -2.94. The summed E-state index contributed by atoms with van der Waals surface area (Å²) in [4.78, 5) is 19.3. The zero-order chi connectivity index (χ0) is 18.7. The molecule has 0 radical (unpaired) electrons. The van der Waals surface area contributed by atoms with Crippen LogP contribution in [-0.2, 0) is 6.54 Å². The molecule has 10 heteroatoms. The van der Waals surface area contributed by atoms with Crippen LogP contribution in [0.1, 0.15) is 5.56 Å².